The van der Waals surface area contributed by atoms with Crippen molar-refractivity contribution in [3.63, 3.8) is 0 Å². The van der Waals surface area contributed by atoms with Gasteiger partial charge in [-0.25, -0.2) is 4.39 Å². The van der Waals surface area contributed by atoms with Crippen LogP contribution in [0.4, 0.5) is 10.1 Å². The summed E-state index contributed by atoms with van der Waals surface area (Å²) in [7, 11) is 0. The van der Waals surface area contributed by atoms with Crippen LogP contribution in [-0.2, 0) is 17.6 Å². The van der Waals surface area contributed by atoms with Gasteiger partial charge in [0.1, 0.15) is 18.2 Å². The van der Waals surface area contributed by atoms with E-state index < -0.39 is 6.67 Å². The molecule has 0 radical (unpaired) electrons. The molecule has 1 heterocycles. The standard InChI is InChI=1S/C20H22FNO3/c1-3-4-13-9-16(23)20(17(24)10-13)19-12(2)5-6-15-14(19)11-18(25)22(15)8-7-21/h5-6,9-10,23-24H,3-4,7-8,11H2,1-2H3. The molecule has 0 aromatic heterocycles. The van der Waals surface area contributed by atoms with Crippen LogP contribution in [0, 0.1) is 6.92 Å². The molecule has 25 heavy (non-hydrogen) atoms. The summed E-state index contributed by atoms with van der Waals surface area (Å²) in [4.78, 5) is 13.7. The highest BCUT2D eigenvalue weighted by molar-refractivity contribution is 6.05. The minimum absolute atomic E-state index is 0.00339. The Bertz CT molecular complexity index is 809. The molecular formula is C20H22FNO3. The number of benzene rings is 2. The summed E-state index contributed by atoms with van der Waals surface area (Å²) in [5, 5.41) is 21.0. The molecule has 0 saturated carbocycles. The molecule has 132 valence electrons. The molecule has 2 aromatic carbocycles. The maximum absolute atomic E-state index is 12.8. The first-order valence-electron chi connectivity index (χ1n) is 8.52. The number of carbonyl (C=O) groups excluding carboxylic acids is 1. The fraction of sp³-hybridized carbons (Fsp3) is 0.350. The van der Waals surface area contributed by atoms with Crippen molar-refractivity contribution < 1.29 is 19.4 Å². The summed E-state index contributed by atoms with van der Waals surface area (Å²) in [6.45, 7) is 3.30. The average molecular weight is 343 g/mol. The molecule has 0 atom stereocenters. The predicted octanol–water partition coefficient (Wildman–Crippen LogP) is 3.88. The number of aryl methyl sites for hydroxylation is 2. The molecule has 0 bridgehead atoms. The minimum Gasteiger partial charge on any atom is -0.507 e. The largest absolute Gasteiger partial charge is 0.507 e. The van der Waals surface area contributed by atoms with Gasteiger partial charge in [0, 0.05) is 5.69 Å². The third-order valence-corrected chi connectivity index (χ3v) is 4.67. The molecule has 2 aromatic rings. The number of halogens is 1. The molecule has 0 spiro atoms. The maximum Gasteiger partial charge on any atom is 0.231 e. The molecule has 4 nitrogen and oxygen atoms in total. The third kappa shape index (κ3) is 2.95. The summed E-state index contributed by atoms with van der Waals surface area (Å²) in [5.74, 6) is -0.172. The highest BCUT2D eigenvalue weighted by atomic mass is 19.1. The Morgan fingerprint density at radius 1 is 1.16 bits per heavy atom. The number of fused-ring (bicyclic) bond motifs is 1. The van der Waals surface area contributed by atoms with Gasteiger partial charge < -0.3 is 15.1 Å². The van der Waals surface area contributed by atoms with Crippen molar-refractivity contribution in [1.82, 2.24) is 0 Å². The van der Waals surface area contributed by atoms with Gasteiger partial charge in [-0.1, -0.05) is 19.4 Å². The number of nitrogens with zero attached hydrogens (tertiary/aromatic N) is 1. The van der Waals surface area contributed by atoms with Crippen LogP contribution in [0.5, 0.6) is 11.5 Å². The topological polar surface area (TPSA) is 60.8 Å². The van der Waals surface area contributed by atoms with Gasteiger partial charge in [0.25, 0.3) is 0 Å². The molecule has 0 unspecified atom stereocenters. The van der Waals surface area contributed by atoms with Crippen LogP contribution in [0.15, 0.2) is 24.3 Å². The van der Waals surface area contributed by atoms with Gasteiger partial charge in [-0.2, -0.15) is 0 Å². The number of amides is 1. The van der Waals surface area contributed by atoms with E-state index in [9.17, 15) is 19.4 Å². The number of alkyl halides is 1. The number of phenolic OH excluding ortho intramolecular Hbond substituents is 2. The van der Waals surface area contributed by atoms with Gasteiger partial charge in [-0.15, -0.1) is 0 Å². The van der Waals surface area contributed by atoms with Crippen molar-refractivity contribution in [3.05, 3.63) is 41.0 Å². The Kier molecular flexibility index (Phi) is 4.66. The van der Waals surface area contributed by atoms with E-state index in [2.05, 4.69) is 0 Å². The second kappa shape index (κ2) is 6.75. The summed E-state index contributed by atoms with van der Waals surface area (Å²) >= 11 is 0. The Labute approximate surface area is 146 Å². The van der Waals surface area contributed by atoms with Crippen LogP contribution < -0.4 is 4.90 Å². The summed E-state index contributed by atoms with van der Waals surface area (Å²) in [5.41, 5.74) is 4.09. The van der Waals surface area contributed by atoms with E-state index >= 15 is 0 Å². The van der Waals surface area contributed by atoms with Gasteiger partial charge in [0.05, 0.1) is 18.5 Å². The van der Waals surface area contributed by atoms with Crippen LogP contribution in [0.1, 0.15) is 30.0 Å². The van der Waals surface area contributed by atoms with Crippen molar-refractivity contribution in [2.75, 3.05) is 18.1 Å². The van der Waals surface area contributed by atoms with Gasteiger partial charge in [0.15, 0.2) is 0 Å². The molecule has 1 aliphatic rings. The lowest BCUT2D eigenvalue weighted by Crippen LogP contribution is -2.28. The second-order valence-corrected chi connectivity index (χ2v) is 6.43. The highest BCUT2D eigenvalue weighted by Gasteiger charge is 2.31. The summed E-state index contributed by atoms with van der Waals surface area (Å²) in [6, 6.07) is 6.95. The maximum atomic E-state index is 12.8. The van der Waals surface area contributed by atoms with E-state index in [0.717, 1.165) is 29.5 Å². The molecule has 1 aliphatic heterocycles. The Balaban J connectivity index is 2.18. The quantitative estimate of drug-likeness (QED) is 0.866. The SMILES string of the molecule is CCCc1cc(O)c(-c2c(C)ccc3c2CC(=O)N3CCF)c(O)c1. The number of rotatable bonds is 5. The van der Waals surface area contributed by atoms with Crippen LogP contribution in [0.3, 0.4) is 0 Å². The Morgan fingerprint density at radius 3 is 2.44 bits per heavy atom. The normalized spacial score (nSPS) is 13.4. The van der Waals surface area contributed by atoms with Gasteiger partial charge in [-0.05, 0) is 53.8 Å². The van der Waals surface area contributed by atoms with Crippen molar-refractivity contribution in [2.45, 2.75) is 33.1 Å². The average Bonchev–Trinajstić information content (AvgIpc) is 2.86. The van der Waals surface area contributed by atoms with Crippen LogP contribution in [0.2, 0.25) is 0 Å². The van der Waals surface area contributed by atoms with Gasteiger partial charge >= 0.3 is 0 Å². The minimum atomic E-state index is -0.614. The van der Waals surface area contributed by atoms with Gasteiger partial charge in [0.2, 0.25) is 5.91 Å². The van der Waals surface area contributed by atoms with E-state index in [1.807, 2.05) is 19.9 Å². The van der Waals surface area contributed by atoms with E-state index in [1.165, 1.54) is 4.90 Å². The number of carbonyl (C=O) groups is 1. The lowest BCUT2D eigenvalue weighted by atomic mass is 9.91. The van der Waals surface area contributed by atoms with E-state index in [4.69, 9.17) is 0 Å². The monoisotopic (exact) mass is 343 g/mol. The number of anilines is 1. The molecular weight excluding hydrogens is 321 g/mol. The lowest BCUT2D eigenvalue weighted by Gasteiger charge is -2.18. The van der Waals surface area contributed by atoms with Crippen molar-refractivity contribution in [3.8, 4) is 22.6 Å². The number of hydrogen-bond acceptors (Lipinski definition) is 3. The third-order valence-electron chi connectivity index (χ3n) is 4.67. The van der Waals surface area contributed by atoms with Crippen molar-refractivity contribution in [2.24, 2.45) is 0 Å². The molecule has 2 N–H and O–H groups in total. The lowest BCUT2D eigenvalue weighted by molar-refractivity contribution is -0.117. The molecule has 3 rings (SSSR count). The number of aromatic hydroxyl groups is 2. The first-order valence-corrected chi connectivity index (χ1v) is 8.52. The fourth-order valence-electron chi connectivity index (χ4n) is 3.60. The highest BCUT2D eigenvalue weighted by Crippen LogP contribution is 2.46. The fourth-order valence-corrected chi connectivity index (χ4v) is 3.60. The molecule has 0 saturated heterocycles. The molecule has 0 aliphatic carbocycles. The summed E-state index contributed by atoms with van der Waals surface area (Å²) < 4.78 is 12.8. The zero-order chi connectivity index (χ0) is 18.1. The van der Waals surface area contributed by atoms with Crippen LogP contribution in [0.25, 0.3) is 11.1 Å². The van der Waals surface area contributed by atoms with Crippen LogP contribution in [-0.4, -0.2) is 29.3 Å². The molecule has 5 heteroatoms. The Morgan fingerprint density at radius 2 is 1.84 bits per heavy atom. The summed E-state index contributed by atoms with van der Waals surface area (Å²) in [6.07, 6.45) is 1.81. The first kappa shape index (κ1) is 17.3. The van der Waals surface area contributed by atoms with Crippen molar-refractivity contribution in [1.29, 1.82) is 0 Å². The zero-order valence-electron chi connectivity index (χ0n) is 14.5. The first-order chi connectivity index (χ1) is 12.0. The van der Waals surface area contributed by atoms with E-state index in [-0.39, 0.29) is 30.4 Å². The van der Waals surface area contributed by atoms with Crippen LogP contribution >= 0.6 is 0 Å². The number of phenols is 2. The second-order valence-electron chi connectivity index (χ2n) is 6.43. The van der Waals surface area contributed by atoms with E-state index in [1.54, 1.807) is 18.2 Å². The molecule has 1 amide bonds. The zero-order valence-corrected chi connectivity index (χ0v) is 14.5. The van der Waals surface area contributed by atoms with E-state index in [0.29, 0.717) is 16.8 Å². The number of hydrogen-bond donors (Lipinski definition) is 2. The van der Waals surface area contributed by atoms with Gasteiger partial charge in [-0.3, -0.25) is 4.79 Å². The van der Waals surface area contributed by atoms with Crippen molar-refractivity contribution >= 4 is 11.6 Å². The Hall–Kier alpha value is -2.56. The predicted molar refractivity (Wildman–Crippen MR) is 96.0 cm³/mol. The molecule has 0 fully saturated rings. The smallest absolute Gasteiger partial charge is 0.231 e.